The second kappa shape index (κ2) is 36.1. The van der Waals surface area contributed by atoms with Crippen LogP contribution in [0.2, 0.25) is 0 Å². The quantitative estimate of drug-likeness (QED) is 0.0571. The van der Waals surface area contributed by atoms with Crippen LogP contribution in [0.1, 0.15) is 219 Å². The van der Waals surface area contributed by atoms with E-state index in [1.54, 1.807) is 0 Å². The Morgan fingerprint density at radius 1 is 0.341 bits per heavy atom. The summed E-state index contributed by atoms with van der Waals surface area (Å²) in [6, 6.07) is 0. The molecule has 248 valence electrons. The van der Waals surface area contributed by atoms with Crippen molar-refractivity contribution in [1.29, 1.82) is 0 Å². The first kappa shape index (κ1) is 40.9. The van der Waals surface area contributed by atoms with Gasteiger partial charge in [-0.15, -0.1) is 0 Å². The number of aliphatic hydroxyl groups excluding tert-OH is 2. The third kappa shape index (κ3) is 32.6. The van der Waals surface area contributed by atoms with E-state index < -0.39 is 6.23 Å². The molecular weight excluding hydrogens is 502 g/mol. The Hall–Kier alpha value is -0.120. The number of hydrogen-bond donors (Lipinski definition) is 2. The fraction of sp³-hybridized carbons (Fsp3) is 1.00. The summed E-state index contributed by atoms with van der Waals surface area (Å²) in [5.74, 6) is 0. The Kier molecular flexibility index (Phi) is 36.0. The molecule has 0 bridgehead atoms. The van der Waals surface area contributed by atoms with Crippen LogP contribution in [-0.4, -0.2) is 41.0 Å². The molecule has 2 N–H and O–H groups in total. The van der Waals surface area contributed by atoms with E-state index in [0.717, 1.165) is 25.9 Å². The van der Waals surface area contributed by atoms with Crippen LogP contribution < -0.4 is 0 Å². The minimum atomic E-state index is -0.678. The van der Waals surface area contributed by atoms with Gasteiger partial charge in [-0.05, 0) is 12.8 Å². The van der Waals surface area contributed by atoms with Gasteiger partial charge in [0.25, 0.3) is 0 Å². The van der Waals surface area contributed by atoms with Crippen LogP contribution in [0.5, 0.6) is 0 Å². The Labute approximate surface area is 260 Å². The molecule has 0 aromatic heterocycles. The van der Waals surface area contributed by atoms with Gasteiger partial charge in [-0.25, -0.2) is 0 Å². The lowest BCUT2D eigenvalue weighted by molar-refractivity contribution is -0.0362. The highest BCUT2D eigenvalue weighted by Gasteiger charge is 2.13. The van der Waals surface area contributed by atoms with Crippen molar-refractivity contribution in [1.82, 2.24) is 4.90 Å². The second-order valence-electron chi connectivity index (χ2n) is 13.3. The summed E-state index contributed by atoms with van der Waals surface area (Å²) in [4.78, 5) is 2.12. The van der Waals surface area contributed by atoms with E-state index in [1.165, 1.54) is 193 Å². The minimum Gasteiger partial charge on any atom is -0.392 e. The zero-order valence-corrected chi connectivity index (χ0v) is 28.7. The van der Waals surface area contributed by atoms with Crippen molar-refractivity contribution in [3.05, 3.63) is 0 Å². The highest BCUT2D eigenvalue weighted by Crippen LogP contribution is 2.16. The molecule has 0 aliphatic heterocycles. The molecule has 1 atom stereocenters. The molecule has 1 unspecified atom stereocenters. The predicted molar refractivity (Wildman–Crippen MR) is 184 cm³/mol. The van der Waals surface area contributed by atoms with E-state index in [2.05, 4.69) is 18.7 Å². The minimum absolute atomic E-state index is 0.141. The molecule has 0 aliphatic rings. The standard InChI is InChI=1S/C38H79NO2/c1-3-5-7-9-11-13-15-17-19-21-23-25-27-29-31-33-35-39(38(41)37-40)36-34-32-30-28-26-24-22-20-18-16-14-12-10-8-6-4-2/h38,40-41H,3-37H2,1-2H3. The molecule has 0 aromatic rings. The fourth-order valence-electron chi connectivity index (χ4n) is 6.25. The first-order valence-electron chi connectivity index (χ1n) is 19.3. The van der Waals surface area contributed by atoms with E-state index in [9.17, 15) is 10.2 Å². The van der Waals surface area contributed by atoms with Crippen LogP contribution >= 0.6 is 0 Å². The third-order valence-electron chi connectivity index (χ3n) is 9.18. The molecule has 0 fully saturated rings. The zero-order chi connectivity index (χ0) is 29.9. The molecule has 0 radical (unpaired) electrons. The number of hydrogen-bond acceptors (Lipinski definition) is 3. The summed E-state index contributed by atoms with van der Waals surface area (Å²) in [6.45, 7) is 6.30. The molecule has 3 nitrogen and oxygen atoms in total. The molecule has 0 aromatic carbocycles. The molecule has 0 saturated heterocycles. The SMILES string of the molecule is CCCCCCCCCCCCCCCCCCN(CCCCCCCCCCCCCCCCCC)C(O)CO. The van der Waals surface area contributed by atoms with Gasteiger partial charge in [0.2, 0.25) is 0 Å². The van der Waals surface area contributed by atoms with Gasteiger partial charge in [0.05, 0.1) is 6.61 Å². The second-order valence-corrected chi connectivity index (χ2v) is 13.3. The summed E-state index contributed by atoms with van der Waals surface area (Å²) >= 11 is 0. The molecule has 0 amide bonds. The summed E-state index contributed by atoms with van der Waals surface area (Å²) < 4.78 is 0. The summed E-state index contributed by atoms with van der Waals surface area (Å²) in [5, 5.41) is 19.7. The van der Waals surface area contributed by atoms with Gasteiger partial charge < -0.3 is 10.2 Å². The molecule has 0 heterocycles. The summed E-state index contributed by atoms with van der Waals surface area (Å²) in [6.07, 6.45) is 43.7. The number of unbranched alkanes of at least 4 members (excludes halogenated alkanes) is 30. The molecule has 0 saturated carbocycles. The Balaban J connectivity index is 3.47. The van der Waals surface area contributed by atoms with Crippen molar-refractivity contribution in [2.24, 2.45) is 0 Å². The van der Waals surface area contributed by atoms with Crippen molar-refractivity contribution in [2.75, 3.05) is 19.7 Å². The first-order valence-corrected chi connectivity index (χ1v) is 19.3. The molecule has 0 spiro atoms. The van der Waals surface area contributed by atoms with Crippen LogP contribution in [-0.2, 0) is 0 Å². The van der Waals surface area contributed by atoms with Gasteiger partial charge in [0.15, 0.2) is 0 Å². The van der Waals surface area contributed by atoms with Crippen molar-refractivity contribution in [3.8, 4) is 0 Å². The number of nitrogens with zero attached hydrogens (tertiary/aromatic N) is 1. The Bertz CT molecular complexity index is 422. The average Bonchev–Trinajstić information content (AvgIpc) is 2.99. The van der Waals surface area contributed by atoms with Gasteiger partial charge in [0, 0.05) is 13.1 Å². The first-order chi connectivity index (χ1) is 20.3. The Morgan fingerprint density at radius 2 is 0.537 bits per heavy atom. The predicted octanol–water partition coefficient (Wildman–Crippen LogP) is 12.1. The Morgan fingerprint density at radius 3 is 0.732 bits per heavy atom. The van der Waals surface area contributed by atoms with Crippen LogP contribution in [0.25, 0.3) is 0 Å². The smallest absolute Gasteiger partial charge is 0.130 e. The van der Waals surface area contributed by atoms with Crippen LogP contribution in [0, 0.1) is 0 Å². The number of rotatable bonds is 36. The maximum atomic E-state index is 10.2. The average molecular weight is 582 g/mol. The molecule has 41 heavy (non-hydrogen) atoms. The third-order valence-corrected chi connectivity index (χ3v) is 9.18. The topological polar surface area (TPSA) is 43.7 Å². The fourth-order valence-corrected chi connectivity index (χ4v) is 6.25. The van der Waals surface area contributed by atoms with E-state index in [1.807, 2.05) is 0 Å². The summed E-state index contributed by atoms with van der Waals surface area (Å²) in [5.41, 5.74) is 0. The maximum absolute atomic E-state index is 10.2. The molecule has 0 rings (SSSR count). The van der Waals surface area contributed by atoms with Crippen molar-refractivity contribution in [3.63, 3.8) is 0 Å². The van der Waals surface area contributed by atoms with Gasteiger partial charge in [-0.1, -0.05) is 206 Å². The van der Waals surface area contributed by atoms with Crippen molar-refractivity contribution >= 4 is 0 Å². The van der Waals surface area contributed by atoms with Gasteiger partial charge in [-0.2, -0.15) is 0 Å². The van der Waals surface area contributed by atoms with Crippen LogP contribution in [0.4, 0.5) is 0 Å². The largest absolute Gasteiger partial charge is 0.392 e. The zero-order valence-electron chi connectivity index (χ0n) is 28.7. The normalized spacial score (nSPS) is 12.5. The van der Waals surface area contributed by atoms with E-state index >= 15 is 0 Å². The highest BCUT2D eigenvalue weighted by molar-refractivity contribution is 4.63. The van der Waals surface area contributed by atoms with Gasteiger partial charge >= 0.3 is 0 Å². The highest BCUT2D eigenvalue weighted by atomic mass is 16.3. The lowest BCUT2D eigenvalue weighted by Gasteiger charge is -2.26. The summed E-state index contributed by atoms with van der Waals surface area (Å²) in [7, 11) is 0. The van der Waals surface area contributed by atoms with Crippen LogP contribution in [0.15, 0.2) is 0 Å². The van der Waals surface area contributed by atoms with Crippen molar-refractivity contribution in [2.45, 2.75) is 226 Å². The van der Waals surface area contributed by atoms with Gasteiger partial charge in [0.1, 0.15) is 6.23 Å². The van der Waals surface area contributed by atoms with Crippen molar-refractivity contribution < 1.29 is 10.2 Å². The monoisotopic (exact) mass is 582 g/mol. The van der Waals surface area contributed by atoms with E-state index in [4.69, 9.17) is 0 Å². The van der Waals surface area contributed by atoms with E-state index in [0.29, 0.717) is 0 Å². The van der Waals surface area contributed by atoms with E-state index in [-0.39, 0.29) is 6.61 Å². The maximum Gasteiger partial charge on any atom is 0.130 e. The van der Waals surface area contributed by atoms with Gasteiger partial charge in [-0.3, -0.25) is 4.90 Å². The van der Waals surface area contributed by atoms with Crippen LogP contribution in [0.3, 0.4) is 0 Å². The molecule has 3 heteroatoms. The molecular formula is C38H79NO2. The molecule has 0 aliphatic carbocycles. The lowest BCUT2D eigenvalue weighted by atomic mass is 10.0. The lowest BCUT2D eigenvalue weighted by Crippen LogP contribution is -2.39. The number of aliphatic hydroxyl groups is 2.